The second-order valence-corrected chi connectivity index (χ2v) is 3.54. The molecule has 0 radical (unpaired) electrons. The number of nitrogens with zero attached hydrogens (tertiary/aromatic N) is 3. The summed E-state index contributed by atoms with van der Waals surface area (Å²) in [6.07, 6.45) is 3.10. The third-order valence-electron chi connectivity index (χ3n) is 1.77. The van der Waals surface area contributed by atoms with Gasteiger partial charge in [0.15, 0.2) is 10.9 Å². The van der Waals surface area contributed by atoms with Crippen LogP contribution in [0, 0.1) is 0 Å². The molecule has 0 aromatic carbocycles. The van der Waals surface area contributed by atoms with Crippen molar-refractivity contribution in [2.24, 2.45) is 5.73 Å². The molecule has 0 unspecified atom stereocenters. The molecule has 0 aliphatic carbocycles. The maximum absolute atomic E-state index is 5.92. The molecule has 5 nitrogen and oxygen atoms in total. The van der Waals surface area contributed by atoms with E-state index in [9.17, 15) is 0 Å². The van der Waals surface area contributed by atoms with E-state index >= 15 is 0 Å². The summed E-state index contributed by atoms with van der Waals surface area (Å²) in [5.41, 5.74) is 5.92. The summed E-state index contributed by atoms with van der Waals surface area (Å²) in [5.74, 6) is 0.551. The van der Waals surface area contributed by atoms with Gasteiger partial charge in [0.05, 0.1) is 12.4 Å². The molecule has 0 spiro atoms. The minimum absolute atomic E-state index is 0.257. The van der Waals surface area contributed by atoms with E-state index in [1.807, 2.05) is 0 Å². The quantitative estimate of drug-likeness (QED) is 0.889. The first kappa shape index (κ1) is 10.5. The van der Waals surface area contributed by atoms with Gasteiger partial charge in [-0.1, -0.05) is 23.2 Å². The monoisotopic (exact) mass is 246 g/mol. The average Bonchev–Trinajstić information content (AvgIpc) is 2.58. The molecule has 2 N–H and O–H groups in total. The van der Waals surface area contributed by atoms with Crippen LogP contribution >= 0.6 is 23.2 Å². The van der Waals surface area contributed by atoms with Crippen LogP contribution in [0.15, 0.2) is 12.4 Å². The van der Waals surface area contributed by atoms with Crippen LogP contribution in [0.25, 0.3) is 5.52 Å². The molecule has 2 rings (SSSR count). The molecule has 2 aromatic heterocycles. The second-order valence-electron chi connectivity index (χ2n) is 2.79. The lowest BCUT2D eigenvalue weighted by atomic mass is 10.5. The van der Waals surface area contributed by atoms with Crippen LogP contribution in [0.2, 0.25) is 10.3 Å². The highest BCUT2D eigenvalue weighted by atomic mass is 35.5. The standard InChI is InChI=1S/C8H8Cl2N4O/c9-6-4-14-7(8(10)13-6)5(3-12-14)15-2-1-11/h3-4H,1-2,11H2. The minimum Gasteiger partial charge on any atom is -0.488 e. The topological polar surface area (TPSA) is 65.4 Å². The average molecular weight is 247 g/mol. The molecule has 80 valence electrons. The Labute approximate surface area is 95.7 Å². The van der Waals surface area contributed by atoms with Gasteiger partial charge in [-0.25, -0.2) is 9.50 Å². The normalized spacial score (nSPS) is 10.9. The summed E-state index contributed by atoms with van der Waals surface area (Å²) in [7, 11) is 0. The van der Waals surface area contributed by atoms with Crippen molar-refractivity contribution in [3.05, 3.63) is 22.7 Å². The highest BCUT2D eigenvalue weighted by molar-refractivity contribution is 6.34. The Kier molecular flexibility index (Phi) is 2.95. The maximum Gasteiger partial charge on any atom is 0.168 e. The van der Waals surface area contributed by atoms with Crippen LogP contribution < -0.4 is 10.5 Å². The van der Waals surface area contributed by atoms with Crippen molar-refractivity contribution >= 4 is 28.7 Å². The third-order valence-corrected chi connectivity index (χ3v) is 2.21. The summed E-state index contributed by atoms with van der Waals surface area (Å²) >= 11 is 11.6. The Morgan fingerprint density at radius 3 is 3.00 bits per heavy atom. The van der Waals surface area contributed by atoms with E-state index in [1.165, 1.54) is 4.52 Å². The van der Waals surface area contributed by atoms with E-state index in [2.05, 4.69) is 10.1 Å². The van der Waals surface area contributed by atoms with E-state index in [0.29, 0.717) is 24.4 Å². The van der Waals surface area contributed by atoms with Crippen molar-refractivity contribution in [3.63, 3.8) is 0 Å². The van der Waals surface area contributed by atoms with Crippen molar-refractivity contribution in [2.45, 2.75) is 0 Å². The zero-order valence-electron chi connectivity index (χ0n) is 7.65. The number of rotatable bonds is 3. The number of hydrogen-bond donors (Lipinski definition) is 1. The molecule has 2 aromatic rings. The highest BCUT2D eigenvalue weighted by Gasteiger charge is 2.11. The molecular weight excluding hydrogens is 239 g/mol. The van der Waals surface area contributed by atoms with Crippen LogP contribution in [0.4, 0.5) is 0 Å². The van der Waals surface area contributed by atoms with E-state index in [1.54, 1.807) is 12.4 Å². The van der Waals surface area contributed by atoms with Crippen LogP contribution in [0.1, 0.15) is 0 Å². The Bertz CT molecular complexity index is 485. The zero-order valence-corrected chi connectivity index (χ0v) is 9.16. The van der Waals surface area contributed by atoms with Gasteiger partial charge in [0, 0.05) is 6.54 Å². The number of nitrogens with two attached hydrogens (primary N) is 1. The van der Waals surface area contributed by atoms with Crippen molar-refractivity contribution in [1.82, 2.24) is 14.6 Å². The summed E-state index contributed by atoms with van der Waals surface area (Å²) in [6.45, 7) is 0.830. The molecule has 0 bridgehead atoms. The molecule has 0 atom stereocenters. The number of hydrogen-bond acceptors (Lipinski definition) is 4. The fourth-order valence-corrected chi connectivity index (χ4v) is 1.68. The smallest absolute Gasteiger partial charge is 0.168 e. The van der Waals surface area contributed by atoms with Gasteiger partial charge >= 0.3 is 0 Å². The van der Waals surface area contributed by atoms with E-state index in [4.69, 9.17) is 33.7 Å². The molecule has 0 amide bonds. The Morgan fingerprint density at radius 1 is 1.47 bits per heavy atom. The Balaban J connectivity index is 2.49. The second kappa shape index (κ2) is 4.22. The van der Waals surface area contributed by atoms with Crippen molar-refractivity contribution in [1.29, 1.82) is 0 Å². The van der Waals surface area contributed by atoms with Gasteiger partial charge in [0.1, 0.15) is 17.3 Å². The van der Waals surface area contributed by atoms with Gasteiger partial charge in [-0.3, -0.25) is 0 Å². The molecule has 0 fully saturated rings. The first-order valence-electron chi connectivity index (χ1n) is 4.24. The third kappa shape index (κ3) is 1.99. The van der Waals surface area contributed by atoms with E-state index in [-0.39, 0.29) is 10.3 Å². The molecule has 0 aliphatic rings. The van der Waals surface area contributed by atoms with Gasteiger partial charge in [0.2, 0.25) is 0 Å². The van der Waals surface area contributed by atoms with Gasteiger partial charge < -0.3 is 10.5 Å². The lowest BCUT2D eigenvalue weighted by Crippen LogP contribution is -2.10. The molecule has 15 heavy (non-hydrogen) atoms. The summed E-state index contributed by atoms with van der Waals surface area (Å²) in [4.78, 5) is 3.90. The van der Waals surface area contributed by atoms with Gasteiger partial charge in [-0.2, -0.15) is 5.10 Å². The zero-order chi connectivity index (χ0) is 10.8. The molecule has 0 saturated heterocycles. The van der Waals surface area contributed by atoms with Crippen LogP contribution in [0.3, 0.4) is 0 Å². The Hall–Kier alpha value is -1.04. The first-order chi connectivity index (χ1) is 7.22. The number of fused-ring (bicyclic) bond motifs is 1. The number of ether oxygens (including phenoxy) is 1. The predicted molar refractivity (Wildman–Crippen MR) is 57.6 cm³/mol. The van der Waals surface area contributed by atoms with Crippen LogP contribution in [-0.2, 0) is 0 Å². The van der Waals surface area contributed by atoms with Crippen molar-refractivity contribution < 1.29 is 4.74 Å². The summed E-state index contributed by atoms with van der Waals surface area (Å²) < 4.78 is 6.87. The lowest BCUT2D eigenvalue weighted by molar-refractivity contribution is 0.332. The predicted octanol–water partition coefficient (Wildman–Crippen LogP) is 1.37. The summed E-state index contributed by atoms with van der Waals surface area (Å²) in [5, 5.41) is 4.57. The molecule has 7 heteroatoms. The largest absolute Gasteiger partial charge is 0.488 e. The van der Waals surface area contributed by atoms with Gasteiger partial charge in [-0.15, -0.1) is 0 Å². The highest BCUT2D eigenvalue weighted by Crippen LogP contribution is 2.26. The summed E-state index contributed by atoms with van der Waals surface area (Å²) in [6, 6.07) is 0. The molecule has 0 aliphatic heterocycles. The van der Waals surface area contributed by atoms with E-state index < -0.39 is 0 Å². The van der Waals surface area contributed by atoms with Gasteiger partial charge in [-0.05, 0) is 0 Å². The van der Waals surface area contributed by atoms with Crippen LogP contribution in [0.5, 0.6) is 5.75 Å². The molecule has 2 heterocycles. The fraction of sp³-hybridized carbons (Fsp3) is 0.250. The number of aromatic nitrogens is 3. The van der Waals surface area contributed by atoms with Crippen molar-refractivity contribution in [2.75, 3.05) is 13.2 Å². The fourth-order valence-electron chi connectivity index (χ4n) is 1.19. The van der Waals surface area contributed by atoms with Crippen LogP contribution in [-0.4, -0.2) is 27.7 Å². The minimum atomic E-state index is 0.257. The van der Waals surface area contributed by atoms with Gasteiger partial charge in [0.25, 0.3) is 0 Å². The first-order valence-corrected chi connectivity index (χ1v) is 5.00. The molecular formula is C8H8Cl2N4O. The van der Waals surface area contributed by atoms with E-state index in [0.717, 1.165) is 0 Å². The molecule has 0 saturated carbocycles. The Morgan fingerprint density at radius 2 is 2.27 bits per heavy atom. The lowest BCUT2D eigenvalue weighted by Gasteiger charge is -2.02. The van der Waals surface area contributed by atoms with Crippen molar-refractivity contribution in [3.8, 4) is 5.75 Å². The SMILES string of the molecule is NCCOc1cnn2cc(Cl)nc(Cl)c12. The maximum atomic E-state index is 5.92. The number of halogens is 2.